The van der Waals surface area contributed by atoms with E-state index in [1.54, 1.807) is 0 Å². The summed E-state index contributed by atoms with van der Waals surface area (Å²) in [4.78, 5) is 0. The van der Waals surface area contributed by atoms with Gasteiger partial charge in [-0.25, -0.2) is 0 Å². The maximum atomic E-state index is 2.31. The molecule has 0 heteroatoms. The van der Waals surface area contributed by atoms with Crippen molar-refractivity contribution in [3.8, 4) is 0 Å². The number of hydrogen-bond donors (Lipinski definition) is 0. The molecular formula is C17H20. The van der Waals surface area contributed by atoms with Gasteiger partial charge in [0.25, 0.3) is 0 Å². The third-order valence-electron chi connectivity index (χ3n) is 3.69. The van der Waals surface area contributed by atoms with Gasteiger partial charge in [-0.05, 0) is 48.6 Å². The highest BCUT2D eigenvalue weighted by Gasteiger charge is 2.10. The van der Waals surface area contributed by atoms with Crippen LogP contribution in [0.5, 0.6) is 0 Å². The van der Waals surface area contributed by atoms with E-state index in [9.17, 15) is 0 Å². The second-order valence-corrected chi connectivity index (χ2v) is 4.92. The standard InChI is InChI=1S/C17H20/c1-12-9-10-16(11-14(12)3)15(4)17-8-6-5-7-13(17)2/h5-11,15H,1-4H3/t15-/m0/s1. The average molecular weight is 224 g/mol. The quantitative estimate of drug-likeness (QED) is 0.689. The van der Waals surface area contributed by atoms with Crippen molar-refractivity contribution in [2.45, 2.75) is 33.6 Å². The van der Waals surface area contributed by atoms with Crippen molar-refractivity contribution in [2.24, 2.45) is 0 Å². The molecule has 0 nitrogen and oxygen atoms in total. The Balaban J connectivity index is 2.40. The molecule has 2 aromatic rings. The lowest BCUT2D eigenvalue weighted by Crippen LogP contribution is -1.99. The molecule has 88 valence electrons. The molecule has 0 unspecified atom stereocenters. The first-order valence-electron chi connectivity index (χ1n) is 6.22. The molecule has 0 aliphatic heterocycles. The van der Waals surface area contributed by atoms with Crippen LogP contribution in [-0.2, 0) is 0 Å². The van der Waals surface area contributed by atoms with E-state index >= 15 is 0 Å². The fourth-order valence-electron chi connectivity index (χ4n) is 2.29. The van der Waals surface area contributed by atoms with Gasteiger partial charge < -0.3 is 0 Å². The molecule has 0 heterocycles. The predicted molar refractivity (Wildman–Crippen MR) is 74.6 cm³/mol. The second-order valence-electron chi connectivity index (χ2n) is 4.92. The fraction of sp³-hybridized carbons (Fsp3) is 0.294. The van der Waals surface area contributed by atoms with Gasteiger partial charge in [-0.3, -0.25) is 0 Å². The van der Waals surface area contributed by atoms with E-state index < -0.39 is 0 Å². The Morgan fingerprint density at radius 3 is 2.12 bits per heavy atom. The first-order valence-corrected chi connectivity index (χ1v) is 6.22. The van der Waals surface area contributed by atoms with E-state index in [1.165, 1.54) is 27.8 Å². The van der Waals surface area contributed by atoms with Crippen LogP contribution in [0.3, 0.4) is 0 Å². The summed E-state index contributed by atoms with van der Waals surface area (Å²) in [5.41, 5.74) is 6.95. The van der Waals surface area contributed by atoms with Crippen molar-refractivity contribution in [2.75, 3.05) is 0 Å². The lowest BCUT2D eigenvalue weighted by molar-refractivity contribution is 0.906. The van der Waals surface area contributed by atoms with Crippen molar-refractivity contribution < 1.29 is 0 Å². The first-order chi connectivity index (χ1) is 8.09. The van der Waals surface area contributed by atoms with E-state index in [4.69, 9.17) is 0 Å². The fourth-order valence-corrected chi connectivity index (χ4v) is 2.29. The summed E-state index contributed by atoms with van der Waals surface area (Å²) >= 11 is 0. The minimum atomic E-state index is 0.468. The largest absolute Gasteiger partial charge is 0.0620 e. The topological polar surface area (TPSA) is 0 Å². The number of aryl methyl sites for hydroxylation is 3. The van der Waals surface area contributed by atoms with Gasteiger partial charge in [-0.15, -0.1) is 0 Å². The number of rotatable bonds is 2. The third-order valence-corrected chi connectivity index (χ3v) is 3.69. The highest BCUT2D eigenvalue weighted by Crippen LogP contribution is 2.27. The normalized spacial score (nSPS) is 12.5. The van der Waals surface area contributed by atoms with E-state index in [1.807, 2.05) is 0 Å². The SMILES string of the molecule is Cc1ccc([C@H](C)c2ccccc2C)cc1C. The summed E-state index contributed by atoms with van der Waals surface area (Å²) in [7, 11) is 0. The molecule has 0 saturated carbocycles. The lowest BCUT2D eigenvalue weighted by atomic mass is 9.89. The molecule has 0 bridgehead atoms. The molecule has 0 radical (unpaired) electrons. The molecule has 2 rings (SSSR count). The maximum absolute atomic E-state index is 2.31. The number of benzene rings is 2. The molecule has 0 aliphatic carbocycles. The van der Waals surface area contributed by atoms with E-state index in [-0.39, 0.29) is 0 Å². The summed E-state index contributed by atoms with van der Waals surface area (Å²) in [6.07, 6.45) is 0. The third kappa shape index (κ3) is 2.41. The summed E-state index contributed by atoms with van der Waals surface area (Å²) in [5, 5.41) is 0. The van der Waals surface area contributed by atoms with Crippen LogP contribution in [0.4, 0.5) is 0 Å². The first kappa shape index (κ1) is 11.9. The summed E-state index contributed by atoms with van der Waals surface area (Å²) in [5.74, 6) is 0.468. The Morgan fingerprint density at radius 1 is 0.765 bits per heavy atom. The Hall–Kier alpha value is -1.56. The van der Waals surface area contributed by atoms with Crippen molar-refractivity contribution in [3.63, 3.8) is 0 Å². The van der Waals surface area contributed by atoms with Crippen molar-refractivity contribution in [1.82, 2.24) is 0 Å². The second kappa shape index (κ2) is 4.75. The van der Waals surface area contributed by atoms with Crippen LogP contribution >= 0.6 is 0 Å². The van der Waals surface area contributed by atoms with Gasteiger partial charge in [0.05, 0.1) is 0 Å². The van der Waals surface area contributed by atoms with Gasteiger partial charge in [0.15, 0.2) is 0 Å². The van der Waals surface area contributed by atoms with Crippen molar-refractivity contribution >= 4 is 0 Å². The lowest BCUT2D eigenvalue weighted by Gasteiger charge is -2.16. The van der Waals surface area contributed by atoms with Gasteiger partial charge in [0.2, 0.25) is 0 Å². The van der Waals surface area contributed by atoms with Gasteiger partial charge >= 0.3 is 0 Å². The van der Waals surface area contributed by atoms with Crippen LogP contribution in [0.25, 0.3) is 0 Å². The molecule has 0 N–H and O–H groups in total. The Kier molecular flexibility index (Phi) is 3.33. The van der Waals surface area contributed by atoms with Gasteiger partial charge in [-0.2, -0.15) is 0 Å². The molecule has 0 aromatic heterocycles. The molecule has 0 spiro atoms. The maximum Gasteiger partial charge on any atom is 0.00637 e. The molecule has 0 saturated heterocycles. The smallest absolute Gasteiger partial charge is 0.00637 e. The Labute approximate surface area is 104 Å². The molecule has 1 atom stereocenters. The van der Waals surface area contributed by atoms with Gasteiger partial charge in [0.1, 0.15) is 0 Å². The highest BCUT2D eigenvalue weighted by atomic mass is 14.1. The monoisotopic (exact) mass is 224 g/mol. The van der Waals surface area contributed by atoms with Crippen LogP contribution in [0.2, 0.25) is 0 Å². The zero-order chi connectivity index (χ0) is 12.4. The van der Waals surface area contributed by atoms with Crippen LogP contribution in [0.15, 0.2) is 42.5 Å². The van der Waals surface area contributed by atoms with Crippen LogP contribution < -0.4 is 0 Å². The zero-order valence-electron chi connectivity index (χ0n) is 11.1. The summed E-state index contributed by atoms with van der Waals surface area (Å²) < 4.78 is 0. The minimum Gasteiger partial charge on any atom is -0.0620 e. The molecule has 2 aromatic carbocycles. The predicted octanol–water partition coefficient (Wildman–Crippen LogP) is 4.76. The molecule has 0 amide bonds. The summed E-state index contributed by atoms with van der Waals surface area (Å²) in [6, 6.07) is 15.4. The van der Waals surface area contributed by atoms with E-state index in [0.29, 0.717) is 5.92 Å². The number of hydrogen-bond acceptors (Lipinski definition) is 0. The molecule has 17 heavy (non-hydrogen) atoms. The van der Waals surface area contributed by atoms with Crippen LogP contribution in [0, 0.1) is 20.8 Å². The van der Waals surface area contributed by atoms with Gasteiger partial charge in [0, 0.05) is 5.92 Å². The zero-order valence-corrected chi connectivity index (χ0v) is 11.1. The Morgan fingerprint density at radius 2 is 1.47 bits per heavy atom. The van der Waals surface area contributed by atoms with Crippen LogP contribution in [0.1, 0.15) is 40.7 Å². The van der Waals surface area contributed by atoms with Crippen molar-refractivity contribution in [3.05, 3.63) is 70.3 Å². The van der Waals surface area contributed by atoms with Gasteiger partial charge in [-0.1, -0.05) is 49.4 Å². The average Bonchev–Trinajstić information content (AvgIpc) is 2.32. The highest BCUT2D eigenvalue weighted by molar-refractivity contribution is 5.39. The van der Waals surface area contributed by atoms with Crippen molar-refractivity contribution in [1.29, 1.82) is 0 Å². The molecule has 0 fully saturated rings. The minimum absolute atomic E-state index is 0.468. The van der Waals surface area contributed by atoms with Crippen LogP contribution in [-0.4, -0.2) is 0 Å². The molecule has 0 aliphatic rings. The molecular weight excluding hydrogens is 204 g/mol. The van der Waals surface area contributed by atoms with E-state index in [0.717, 1.165) is 0 Å². The van der Waals surface area contributed by atoms with E-state index in [2.05, 4.69) is 70.2 Å². The Bertz CT molecular complexity index is 523. The summed E-state index contributed by atoms with van der Waals surface area (Å²) in [6.45, 7) is 8.82.